The Balaban J connectivity index is 0.000000260. The van der Waals surface area contributed by atoms with Crippen molar-refractivity contribution in [1.82, 2.24) is 0 Å². The van der Waals surface area contributed by atoms with Crippen molar-refractivity contribution in [2.75, 3.05) is 10.6 Å². The second-order valence-electron chi connectivity index (χ2n) is 10.0. The Bertz CT molecular complexity index is 1640. The van der Waals surface area contributed by atoms with E-state index < -0.39 is 35.1 Å². The number of benzene rings is 4. The Labute approximate surface area is 299 Å². The Morgan fingerprint density at radius 3 is 1.12 bits per heavy atom. The second-order valence-corrected chi connectivity index (χ2v) is 10.0. The van der Waals surface area contributed by atoms with E-state index in [0.717, 1.165) is 36.1 Å². The average molecular weight is 699 g/mol. The molecule has 0 aliphatic carbocycles. The van der Waals surface area contributed by atoms with E-state index in [1.54, 1.807) is 24.3 Å². The van der Waals surface area contributed by atoms with Crippen LogP contribution in [0.1, 0.15) is 45.7 Å². The van der Waals surface area contributed by atoms with Crippen LogP contribution < -0.4 is 10.6 Å². The van der Waals surface area contributed by atoms with Crippen LogP contribution in [0.25, 0.3) is 0 Å². The summed E-state index contributed by atoms with van der Waals surface area (Å²) >= 11 is 0. The molecule has 0 spiro atoms. The summed E-state index contributed by atoms with van der Waals surface area (Å²) < 4.78 is 52.0. The maximum absolute atomic E-state index is 13.3. The number of rotatable bonds is 6. The quantitative estimate of drug-likeness (QED) is 0.103. The van der Waals surface area contributed by atoms with Crippen LogP contribution in [0.3, 0.4) is 0 Å². The van der Waals surface area contributed by atoms with Crippen LogP contribution in [0.15, 0.2) is 133 Å². The second kappa shape index (κ2) is 21.8. The number of halogens is 4. The molecular formula is C40H34F4N2O2Ti. The standard InChI is InChI=1S/2C15H12F2NO.2C5H5.Ti/c2*1-2-10-3-5-11(6-4-10)15(19)18-14-8-7-12(16)9-13(14)17;2*1-2-4-5-3-1;/h2*3-8H,2H2,1H3,(H,18,19);2*1-5H;/q4*-1;+4. The van der Waals surface area contributed by atoms with Gasteiger partial charge in [0.1, 0.15) is 0 Å². The van der Waals surface area contributed by atoms with Crippen LogP contribution in [0.2, 0.25) is 0 Å². The number of nitrogens with one attached hydrogen (secondary N) is 2. The third kappa shape index (κ3) is 14.3. The minimum Gasteiger partial charge on any atom is -0.373 e. The van der Waals surface area contributed by atoms with Crippen molar-refractivity contribution in [3.63, 3.8) is 0 Å². The van der Waals surface area contributed by atoms with Crippen molar-refractivity contribution in [2.24, 2.45) is 0 Å². The van der Waals surface area contributed by atoms with Gasteiger partial charge >= 0.3 is 21.7 Å². The largest absolute Gasteiger partial charge is 4.00 e. The monoisotopic (exact) mass is 698 g/mol. The molecule has 2 N–H and O–H groups in total. The van der Waals surface area contributed by atoms with Gasteiger partial charge in [-0.1, -0.05) is 38.1 Å². The van der Waals surface area contributed by atoms with E-state index in [2.05, 4.69) is 10.6 Å². The molecule has 6 aromatic rings. The number of carbonyl (C=O) groups excluding carboxylic acids is 2. The van der Waals surface area contributed by atoms with E-state index in [4.69, 9.17) is 0 Å². The van der Waals surface area contributed by atoms with Gasteiger partial charge in [0.15, 0.2) is 0 Å². The zero-order valence-corrected chi connectivity index (χ0v) is 28.5. The Hall–Kier alpha value is -5.05. The normalized spacial score (nSPS) is 9.59. The Kier molecular flexibility index (Phi) is 17.8. The zero-order chi connectivity index (χ0) is 34.7. The van der Waals surface area contributed by atoms with Gasteiger partial charge in [0.25, 0.3) is 0 Å². The van der Waals surface area contributed by atoms with E-state index in [9.17, 15) is 27.2 Å². The fourth-order valence-corrected chi connectivity index (χ4v) is 3.89. The van der Waals surface area contributed by atoms with Crippen molar-refractivity contribution < 1.29 is 48.9 Å². The van der Waals surface area contributed by atoms with Crippen molar-refractivity contribution in [3.05, 3.63) is 191 Å². The van der Waals surface area contributed by atoms with E-state index in [1.165, 1.54) is 12.1 Å². The molecule has 0 saturated carbocycles. The summed E-state index contributed by atoms with van der Waals surface area (Å²) in [5.74, 6) is -4.33. The molecule has 6 aromatic carbocycles. The first-order chi connectivity index (χ1) is 23.2. The summed E-state index contributed by atoms with van der Waals surface area (Å²) in [6.07, 6.45) is 1.76. The first-order valence-corrected chi connectivity index (χ1v) is 15.1. The molecule has 0 fully saturated rings. The average Bonchev–Trinajstić information content (AvgIpc) is 3.88. The molecule has 0 heterocycles. The van der Waals surface area contributed by atoms with Crippen LogP contribution in [0, 0.1) is 35.4 Å². The van der Waals surface area contributed by atoms with Gasteiger partial charge in [0, 0.05) is 34.4 Å². The Morgan fingerprint density at radius 1 is 0.551 bits per heavy atom. The van der Waals surface area contributed by atoms with Crippen LogP contribution in [0.4, 0.5) is 28.9 Å². The van der Waals surface area contributed by atoms with Gasteiger partial charge in [-0.15, -0.1) is 36.4 Å². The third-order valence-corrected chi connectivity index (χ3v) is 6.58. The fraction of sp³-hybridized carbons (Fsp3) is 0.100. The van der Waals surface area contributed by atoms with Crippen molar-refractivity contribution in [3.8, 4) is 0 Å². The summed E-state index contributed by atoms with van der Waals surface area (Å²) in [6.45, 7) is 4.03. The minimum absolute atomic E-state index is 0. The van der Waals surface area contributed by atoms with E-state index >= 15 is 0 Å². The smallest absolute Gasteiger partial charge is 0.373 e. The van der Waals surface area contributed by atoms with Crippen molar-refractivity contribution in [1.29, 1.82) is 0 Å². The maximum atomic E-state index is 13.3. The molecule has 49 heavy (non-hydrogen) atoms. The number of anilines is 2. The van der Waals surface area contributed by atoms with Crippen molar-refractivity contribution in [2.45, 2.75) is 26.7 Å². The van der Waals surface area contributed by atoms with Gasteiger partial charge in [-0.3, -0.25) is 9.59 Å². The summed E-state index contributed by atoms with van der Waals surface area (Å²) in [5.41, 5.74) is 2.87. The summed E-state index contributed by atoms with van der Waals surface area (Å²) in [4.78, 5) is 23.7. The molecule has 248 valence electrons. The van der Waals surface area contributed by atoms with Gasteiger partial charge in [-0.25, -0.2) is 41.8 Å². The van der Waals surface area contributed by atoms with Crippen LogP contribution >= 0.6 is 0 Å². The summed E-state index contributed by atoms with van der Waals surface area (Å²) in [5, 5.41) is 4.76. The van der Waals surface area contributed by atoms with Gasteiger partial charge in [-0.2, -0.15) is 36.4 Å². The predicted molar refractivity (Wildman–Crippen MR) is 182 cm³/mol. The number of amides is 2. The fourth-order valence-electron chi connectivity index (χ4n) is 3.89. The number of carbonyl (C=O) groups is 2. The molecule has 6 rings (SSSR count). The van der Waals surface area contributed by atoms with Gasteiger partial charge in [0.2, 0.25) is 11.8 Å². The molecule has 0 radical (unpaired) electrons. The molecule has 0 unspecified atom stereocenters. The van der Waals surface area contributed by atoms with Crippen molar-refractivity contribution >= 4 is 23.2 Å². The first kappa shape index (κ1) is 40.1. The topological polar surface area (TPSA) is 58.2 Å². The number of hydrogen-bond acceptors (Lipinski definition) is 2. The third-order valence-electron chi connectivity index (χ3n) is 6.58. The molecule has 0 aliphatic rings. The van der Waals surface area contributed by atoms with E-state index in [-0.39, 0.29) is 33.1 Å². The van der Waals surface area contributed by atoms with Gasteiger partial charge in [0.05, 0.1) is 0 Å². The van der Waals surface area contributed by atoms with Gasteiger partial charge < -0.3 is 10.6 Å². The van der Waals surface area contributed by atoms with Crippen LogP contribution in [-0.2, 0) is 34.6 Å². The van der Waals surface area contributed by atoms with Gasteiger partial charge in [-0.05, 0) is 59.6 Å². The van der Waals surface area contributed by atoms with Crippen LogP contribution in [-0.4, -0.2) is 11.8 Å². The molecule has 0 bridgehead atoms. The molecule has 4 nitrogen and oxygen atoms in total. The SMILES string of the molecule is CCc1ccc(C(=O)Nc2ccc(F)[c-]c2F)cc1.CCc1ccc(C(=O)Nc2ccc(F)[c-]c2F)cc1.[Ti+4].c1cc[cH-]c1.c1cc[cH-]c1. The molecule has 9 heteroatoms. The molecule has 2 amide bonds. The van der Waals surface area contributed by atoms with E-state index in [1.807, 2.05) is 111 Å². The van der Waals surface area contributed by atoms with Crippen LogP contribution in [0.5, 0.6) is 0 Å². The molecule has 0 atom stereocenters. The summed E-state index contributed by atoms with van der Waals surface area (Å²) in [6, 6.07) is 42.2. The molecular weight excluding hydrogens is 664 g/mol. The Morgan fingerprint density at radius 2 is 0.878 bits per heavy atom. The molecule has 0 aromatic heterocycles. The minimum atomic E-state index is -0.918. The maximum Gasteiger partial charge on any atom is 4.00 e. The summed E-state index contributed by atoms with van der Waals surface area (Å²) in [7, 11) is 0. The van der Waals surface area contributed by atoms with E-state index in [0.29, 0.717) is 11.1 Å². The zero-order valence-electron chi connectivity index (χ0n) is 26.9. The predicted octanol–water partition coefficient (Wildman–Crippen LogP) is 9.97. The molecule has 0 saturated heterocycles. The number of aryl methyl sites for hydroxylation is 2. The number of hydrogen-bond donors (Lipinski definition) is 2. The molecule has 0 aliphatic heterocycles. The first-order valence-electron chi connectivity index (χ1n) is 15.1.